The number of ether oxygens (including phenoxy) is 2. The number of carbonyl (C=O) groups excluding carboxylic acids is 1. The van der Waals surface area contributed by atoms with Crippen molar-refractivity contribution in [2.45, 2.75) is 30.0 Å². The lowest BCUT2D eigenvalue weighted by molar-refractivity contribution is -0.0374. The zero-order valence-electron chi connectivity index (χ0n) is 22.0. The summed E-state index contributed by atoms with van der Waals surface area (Å²) in [4.78, 5) is 16.7. The van der Waals surface area contributed by atoms with Crippen molar-refractivity contribution in [1.29, 1.82) is 0 Å². The van der Waals surface area contributed by atoms with Crippen LogP contribution in [0.25, 0.3) is 28.2 Å². The van der Waals surface area contributed by atoms with Gasteiger partial charge in [-0.2, -0.15) is 10.2 Å². The van der Waals surface area contributed by atoms with E-state index in [4.69, 9.17) is 37.8 Å². The van der Waals surface area contributed by atoms with Crippen molar-refractivity contribution in [2.24, 2.45) is 7.05 Å². The molecule has 6 rings (SSSR count). The molecule has 1 fully saturated rings. The lowest BCUT2D eigenvalue weighted by Crippen LogP contribution is -2.55. The topological polar surface area (TPSA) is 74.4 Å². The van der Waals surface area contributed by atoms with Gasteiger partial charge in [0.05, 0.1) is 47.8 Å². The highest BCUT2D eigenvalue weighted by atomic mass is 35.5. The number of carbonyl (C=O) groups is 1. The van der Waals surface area contributed by atoms with Crippen LogP contribution in [0.1, 0.15) is 29.9 Å². The van der Waals surface area contributed by atoms with Gasteiger partial charge in [0.2, 0.25) is 0 Å². The SMILES string of the molecule is COc1cc2c(cc1-c1ccn(C)n1)-c1c(c(C(=O)N3CCOCC3(C)C)nn1-c1cc(Cl)cc(Cl)c1)SC2. The molecule has 0 bridgehead atoms. The summed E-state index contributed by atoms with van der Waals surface area (Å²) in [5.74, 6) is 1.27. The Labute approximate surface area is 240 Å². The molecule has 39 heavy (non-hydrogen) atoms. The second kappa shape index (κ2) is 9.89. The van der Waals surface area contributed by atoms with E-state index >= 15 is 0 Å². The Hall–Kier alpha value is -2.98. The van der Waals surface area contributed by atoms with Gasteiger partial charge in [-0.3, -0.25) is 9.48 Å². The molecule has 0 aliphatic carbocycles. The van der Waals surface area contributed by atoms with Crippen molar-refractivity contribution in [3.8, 4) is 34.0 Å². The fourth-order valence-corrected chi connectivity index (χ4v) is 6.82. The fraction of sp³-hybridized carbons (Fsp3) is 0.321. The molecule has 4 aromatic rings. The molecule has 4 heterocycles. The summed E-state index contributed by atoms with van der Waals surface area (Å²) in [5, 5.41) is 10.5. The van der Waals surface area contributed by atoms with Crippen molar-refractivity contribution >= 4 is 40.9 Å². The van der Waals surface area contributed by atoms with E-state index in [1.165, 1.54) is 0 Å². The molecule has 0 spiro atoms. The predicted molar refractivity (Wildman–Crippen MR) is 153 cm³/mol. The fourth-order valence-electron chi connectivity index (χ4n) is 5.17. The van der Waals surface area contributed by atoms with Gasteiger partial charge in [0.1, 0.15) is 5.75 Å². The highest BCUT2D eigenvalue weighted by molar-refractivity contribution is 7.98. The molecule has 1 amide bonds. The van der Waals surface area contributed by atoms with Crippen LogP contribution < -0.4 is 4.74 Å². The summed E-state index contributed by atoms with van der Waals surface area (Å²) in [6, 6.07) is 11.4. The number of rotatable bonds is 4. The van der Waals surface area contributed by atoms with Crippen molar-refractivity contribution in [3.63, 3.8) is 0 Å². The van der Waals surface area contributed by atoms with E-state index in [0.29, 0.717) is 46.9 Å². The van der Waals surface area contributed by atoms with Gasteiger partial charge >= 0.3 is 0 Å². The smallest absolute Gasteiger partial charge is 0.276 e. The molecule has 2 aliphatic rings. The number of aryl methyl sites for hydroxylation is 1. The first-order valence-electron chi connectivity index (χ1n) is 12.5. The van der Waals surface area contributed by atoms with Gasteiger partial charge in [-0.15, -0.1) is 11.8 Å². The third-order valence-electron chi connectivity index (χ3n) is 7.07. The number of nitrogens with zero attached hydrogens (tertiary/aromatic N) is 5. The standard InChI is InChI=1S/C28H27Cl2N5O3S/c1-28(2)15-38-8-7-34(28)27(36)24-26-25(35(32-24)19-11-17(29)10-18(30)12-19)20-13-21(22-5-6-33(3)31-22)23(37-4)9-16(20)14-39-26/h5-6,9-13H,7-8,14-15H2,1-4H3. The Kier molecular flexibility index (Phi) is 6.66. The molecule has 202 valence electrons. The molecule has 0 radical (unpaired) electrons. The van der Waals surface area contributed by atoms with Crippen LogP contribution in [0.4, 0.5) is 0 Å². The van der Waals surface area contributed by atoms with E-state index < -0.39 is 5.54 Å². The zero-order chi connectivity index (χ0) is 27.5. The van der Waals surface area contributed by atoms with E-state index in [9.17, 15) is 4.79 Å². The maximum Gasteiger partial charge on any atom is 0.276 e. The van der Waals surface area contributed by atoms with Crippen LogP contribution in [0.3, 0.4) is 0 Å². The first-order chi connectivity index (χ1) is 18.7. The Morgan fingerprint density at radius 1 is 1.10 bits per heavy atom. The van der Waals surface area contributed by atoms with E-state index in [-0.39, 0.29) is 5.91 Å². The first kappa shape index (κ1) is 26.3. The minimum atomic E-state index is -0.456. The van der Waals surface area contributed by atoms with E-state index in [2.05, 4.69) is 11.2 Å². The molecule has 2 aliphatic heterocycles. The van der Waals surface area contributed by atoms with Crippen LogP contribution in [0.2, 0.25) is 10.0 Å². The van der Waals surface area contributed by atoms with Crippen LogP contribution in [0.5, 0.6) is 5.75 Å². The molecule has 0 N–H and O–H groups in total. The second-order valence-corrected chi connectivity index (χ2v) is 12.1. The van der Waals surface area contributed by atoms with Crippen LogP contribution in [0.15, 0.2) is 47.5 Å². The highest BCUT2D eigenvalue weighted by Crippen LogP contribution is 2.48. The zero-order valence-corrected chi connectivity index (χ0v) is 24.3. The number of morpholine rings is 1. The third-order valence-corrected chi connectivity index (χ3v) is 8.64. The molecular formula is C28H27Cl2N5O3S. The number of hydrogen-bond acceptors (Lipinski definition) is 6. The number of methoxy groups -OCH3 is 1. The van der Waals surface area contributed by atoms with Crippen LogP contribution >= 0.6 is 35.0 Å². The molecule has 2 aromatic heterocycles. The van der Waals surface area contributed by atoms with Crippen molar-refractivity contribution in [1.82, 2.24) is 24.5 Å². The second-order valence-electron chi connectivity index (χ2n) is 10.3. The third kappa shape index (κ3) is 4.61. The molecular weight excluding hydrogens is 557 g/mol. The molecule has 2 aromatic carbocycles. The largest absolute Gasteiger partial charge is 0.496 e. The summed E-state index contributed by atoms with van der Waals surface area (Å²) in [6.45, 7) is 5.48. The Balaban J connectivity index is 1.59. The number of hydrogen-bond donors (Lipinski definition) is 0. The Morgan fingerprint density at radius 3 is 2.54 bits per heavy atom. The average molecular weight is 585 g/mol. The summed E-state index contributed by atoms with van der Waals surface area (Å²) >= 11 is 14.4. The Bertz CT molecular complexity index is 1590. The van der Waals surface area contributed by atoms with Crippen LogP contribution in [0, 0.1) is 0 Å². The van der Waals surface area contributed by atoms with Gasteiger partial charge in [-0.1, -0.05) is 23.2 Å². The number of benzene rings is 2. The number of thioether (sulfide) groups is 1. The van der Waals surface area contributed by atoms with Gasteiger partial charge in [0.25, 0.3) is 5.91 Å². The lowest BCUT2D eigenvalue weighted by atomic mass is 9.98. The maximum atomic E-state index is 14.1. The highest BCUT2D eigenvalue weighted by Gasteiger charge is 2.39. The normalized spacial score (nSPS) is 16.1. The Morgan fingerprint density at radius 2 is 1.87 bits per heavy atom. The lowest BCUT2D eigenvalue weighted by Gasteiger charge is -2.41. The molecule has 8 nitrogen and oxygen atoms in total. The number of fused-ring (bicyclic) bond motifs is 3. The molecule has 1 saturated heterocycles. The summed E-state index contributed by atoms with van der Waals surface area (Å²) in [5.41, 5.74) is 5.11. The monoisotopic (exact) mass is 583 g/mol. The van der Waals surface area contributed by atoms with Crippen molar-refractivity contribution in [2.75, 3.05) is 26.9 Å². The van der Waals surface area contributed by atoms with Gasteiger partial charge < -0.3 is 14.4 Å². The maximum absolute atomic E-state index is 14.1. The first-order valence-corrected chi connectivity index (χ1v) is 14.2. The van der Waals surface area contributed by atoms with Crippen LogP contribution in [-0.2, 0) is 17.5 Å². The molecule has 0 saturated carbocycles. The minimum Gasteiger partial charge on any atom is -0.496 e. The average Bonchev–Trinajstić information content (AvgIpc) is 3.50. The van der Waals surface area contributed by atoms with E-state index in [1.54, 1.807) is 46.4 Å². The number of amides is 1. The molecule has 11 heteroatoms. The van der Waals surface area contributed by atoms with Gasteiger partial charge in [0, 0.05) is 46.7 Å². The molecule has 0 atom stereocenters. The number of aromatic nitrogens is 4. The minimum absolute atomic E-state index is 0.124. The van der Waals surface area contributed by atoms with Crippen molar-refractivity contribution < 1.29 is 14.3 Å². The summed E-state index contributed by atoms with van der Waals surface area (Å²) in [6.07, 6.45) is 1.90. The van der Waals surface area contributed by atoms with Gasteiger partial charge in [-0.05, 0) is 55.8 Å². The quantitative estimate of drug-likeness (QED) is 0.288. The van der Waals surface area contributed by atoms with E-state index in [0.717, 1.165) is 38.7 Å². The van der Waals surface area contributed by atoms with Gasteiger partial charge in [0.15, 0.2) is 5.69 Å². The van der Waals surface area contributed by atoms with E-state index in [1.807, 2.05) is 44.1 Å². The van der Waals surface area contributed by atoms with Crippen LogP contribution in [-0.4, -0.2) is 62.8 Å². The predicted octanol–water partition coefficient (Wildman–Crippen LogP) is 6.11. The number of halogens is 2. The summed E-state index contributed by atoms with van der Waals surface area (Å²) in [7, 11) is 3.54. The summed E-state index contributed by atoms with van der Waals surface area (Å²) < 4.78 is 15.0. The van der Waals surface area contributed by atoms with Crippen molar-refractivity contribution in [3.05, 3.63) is 63.9 Å². The molecule has 0 unspecified atom stereocenters. The van der Waals surface area contributed by atoms with Gasteiger partial charge in [-0.25, -0.2) is 4.68 Å².